The molecule has 0 saturated heterocycles. The van der Waals surface area contributed by atoms with Gasteiger partial charge in [-0.25, -0.2) is 4.39 Å². The summed E-state index contributed by atoms with van der Waals surface area (Å²) in [5, 5.41) is 0. The average Bonchev–Trinajstić information content (AvgIpc) is 2.66. The normalized spacial score (nSPS) is 16.2. The second-order valence-corrected chi connectivity index (χ2v) is 5.04. The van der Waals surface area contributed by atoms with Crippen molar-refractivity contribution in [3.8, 4) is 0 Å². The van der Waals surface area contributed by atoms with Crippen molar-refractivity contribution < 1.29 is 4.39 Å². The zero-order chi connectivity index (χ0) is 11.5. The van der Waals surface area contributed by atoms with Crippen LogP contribution < -0.4 is 0 Å². The Kier molecular flexibility index (Phi) is 3.42. The van der Waals surface area contributed by atoms with Crippen LogP contribution in [0.5, 0.6) is 0 Å². The molecule has 0 aromatic heterocycles. The minimum Gasteiger partial charge on any atom is -0.207 e. The lowest BCUT2D eigenvalue weighted by atomic mass is 9.96. The quantitative estimate of drug-likeness (QED) is 0.683. The SMILES string of the molecule is CC(C)CC1=C(c2ccc(F)cc2)CCC1. The van der Waals surface area contributed by atoms with Crippen LogP contribution >= 0.6 is 0 Å². The summed E-state index contributed by atoms with van der Waals surface area (Å²) < 4.78 is 12.9. The van der Waals surface area contributed by atoms with Crippen LogP contribution in [0.2, 0.25) is 0 Å². The van der Waals surface area contributed by atoms with Crippen molar-refractivity contribution in [1.29, 1.82) is 0 Å². The van der Waals surface area contributed by atoms with E-state index >= 15 is 0 Å². The molecule has 0 radical (unpaired) electrons. The van der Waals surface area contributed by atoms with Crippen LogP contribution in [-0.2, 0) is 0 Å². The first-order chi connectivity index (χ1) is 7.66. The van der Waals surface area contributed by atoms with Gasteiger partial charge in [0.15, 0.2) is 0 Å². The number of hydrogen-bond acceptors (Lipinski definition) is 0. The second kappa shape index (κ2) is 4.82. The first kappa shape index (κ1) is 11.4. The average molecular weight is 218 g/mol. The Balaban J connectivity index is 2.27. The predicted molar refractivity (Wildman–Crippen MR) is 66.6 cm³/mol. The molecule has 1 heteroatoms. The standard InChI is InChI=1S/C15H19F/c1-11(2)10-13-4-3-5-15(13)12-6-8-14(16)9-7-12/h6-9,11H,3-5,10H2,1-2H3. The molecule has 1 aliphatic rings. The summed E-state index contributed by atoms with van der Waals surface area (Å²) in [5.41, 5.74) is 4.27. The number of hydrogen-bond donors (Lipinski definition) is 0. The summed E-state index contributed by atoms with van der Waals surface area (Å²) in [6, 6.07) is 6.95. The molecule has 2 rings (SSSR count). The fourth-order valence-corrected chi connectivity index (χ4v) is 2.52. The lowest BCUT2D eigenvalue weighted by molar-refractivity contribution is 0.627. The van der Waals surface area contributed by atoms with Crippen molar-refractivity contribution in [3.05, 3.63) is 41.2 Å². The molecule has 0 saturated carbocycles. The Morgan fingerprint density at radius 1 is 1.12 bits per heavy atom. The van der Waals surface area contributed by atoms with Crippen molar-refractivity contribution in [2.45, 2.75) is 39.5 Å². The summed E-state index contributed by atoms with van der Waals surface area (Å²) in [6.07, 6.45) is 4.83. The van der Waals surface area contributed by atoms with E-state index in [1.807, 2.05) is 12.1 Å². The maximum absolute atomic E-state index is 12.9. The Morgan fingerprint density at radius 3 is 2.44 bits per heavy atom. The smallest absolute Gasteiger partial charge is 0.123 e. The molecular weight excluding hydrogens is 199 g/mol. The summed E-state index contributed by atoms with van der Waals surface area (Å²) >= 11 is 0. The van der Waals surface area contributed by atoms with E-state index in [0.29, 0.717) is 5.92 Å². The Labute approximate surface area is 97.2 Å². The molecule has 16 heavy (non-hydrogen) atoms. The third-order valence-corrected chi connectivity index (χ3v) is 3.18. The molecular formula is C15H19F. The van der Waals surface area contributed by atoms with E-state index in [9.17, 15) is 4.39 Å². The van der Waals surface area contributed by atoms with Crippen molar-refractivity contribution >= 4 is 5.57 Å². The van der Waals surface area contributed by atoms with Gasteiger partial charge < -0.3 is 0 Å². The second-order valence-electron chi connectivity index (χ2n) is 5.04. The maximum atomic E-state index is 12.9. The number of halogens is 1. The van der Waals surface area contributed by atoms with Crippen LogP contribution in [-0.4, -0.2) is 0 Å². The van der Waals surface area contributed by atoms with Crippen LogP contribution in [0.4, 0.5) is 4.39 Å². The minimum absolute atomic E-state index is 0.146. The summed E-state index contributed by atoms with van der Waals surface area (Å²) in [4.78, 5) is 0. The lowest BCUT2D eigenvalue weighted by Crippen LogP contribution is -1.92. The Hall–Kier alpha value is -1.11. The van der Waals surface area contributed by atoms with E-state index in [0.717, 1.165) is 6.42 Å². The molecule has 0 atom stereocenters. The van der Waals surface area contributed by atoms with Crippen molar-refractivity contribution in [2.75, 3.05) is 0 Å². The van der Waals surface area contributed by atoms with Crippen molar-refractivity contribution in [2.24, 2.45) is 5.92 Å². The third-order valence-electron chi connectivity index (χ3n) is 3.18. The molecule has 0 nitrogen and oxygen atoms in total. The zero-order valence-electron chi connectivity index (χ0n) is 10.1. The van der Waals surface area contributed by atoms with Gasteiger partial charge in [0.1, 0.15) is 5.82 Å². The molecule has 1 aromatic carbocycles. The molecule has 0 spiro atoms. The number of allylic oxidation sites excluding steroid dienone is 2. The monoisotopic (exact) mass is 218 g/mol. The van der Waals surface area contributed by atoms with E-state index in [1.165, 1.54) is 30.4 Å². The highest BCUT2D eigenvalue weighted by Gasteiger charge is 2.16. The molecule has 0 bridgehead atoms. The van der Waals surface area contributed by atoms with Crippen LogP contribution in [0.15, 0.2) is 29.8 Å². The highest BCUT2D eigenvalue weighted by molar-refractivity contribution is 5.70. The molecule has 86 valence electrons. The maximum Gasteiger partial charge on any atom is 0.123 e. The van der Waals surface area contributed by atoms with E-state index in [-0.39, 0.29) is 5.82 Å². The van der Waals surface area contributed by atoms with Gasteiger partial charge >= 0.3 is 0 Å². The predicted octanol–water partition coefficient (Wildman–Crippen LogP) is 4.81. The van der Waals surface area contributed by atoms with E-state index in [2.05, 4.69) is 13.8 Å². The van der Waals surface area contributed by atoms with Gasteiger partial charge in [-0.05, 0) is 54.9 Å². The molecule has 0 unspecified atom stereocenters. The van der Waals surface area contributed by atoms with Crippen LogP contribution in [0.1, 0.15) is 45.1 Å². The van der Waals surface area contributed by atoms with Crippen LogP contribution in [0.3, 0.4) is 0 Å². The van der Waals surface area contributed by atoms with Crippen LogP contribution in [0, 0.1) is 11.7 Å². The lowest BCUT2D eigenvalue weighted by Gasteiger charge is -2.10. The number of benzene rings is 1. The Bertz CT molecular complexity index is 384. The van der Waals surface area contributed by atoms with Gasteiger partial charge in [-0.15, -0.1) is 0 Å². The van der Waals surface area contributed by atoms with Gasteiger partial charge in [0.05, 0.1) is 0 Å². The topological polar surface area (TPSA) is 0 Å². The molecule has 0 amide bonds. The molecule has 1 aromatic rings. The van der Waals surface area contributed by atoms with E-state index in [4.69, 9.17) is 0 Å². The van der Waals surface area contributed by atoms with Crippen LogP contribution in [0.25, 0.3) is 5.57 Å². The van der Waals surface area contributed by atoms with Gasteiger partial charge in [0.25, 0.3) is 0 Å². The van der Waals surface area contributed by atoms with Gasteiger partial charge in [0, 0.05) is 0 Å². The highest BCUT2D eigenvalue weighted by Crippen LogP contribution is 2.36. The summed E-state index contributed by atoms with van der Waals surface area (Å²) in [5.74, 6) is 0.566. The largest absolute Gasteiger partial charge is 0.207 e. The molecule has 0 aliphatic heterocycles. The van der Waals surface area contributed by atoms with Gasteiger partial charge in [-0.2, -0.15) is 0 Å². The van der Waals surface area contributed by atoms with Crippen molar-refractivity contribution in [3.63, 3.8) is 0 Å². The van der Waals surface area contributed by atoms with E-state index in [1.54, 1.807) is 17.7 Å². The van der Waals surface area contributed by atoms with Gasteiger partial charge in [0.2, 0.25) is 0 Å². The summed E-state index contributed by atoms with van der Waals surface area (Å²) in [7, 11) is 0. The third kappa shape index (κ3) is 2.52. The minimum atomic E-state index is -0.146. The first-order valence-corrected chi connectivity index (χ1v) is 6.13. The molecule has 0 fully saturated rings. The zero-order valence-corrected chi connectivity index (χ0v) is 10.1. The molecule has 1 aliphatic carbocycles. The number of rotatable bonds is 3. The molecule has 0 N–H and O–H groups in total. The first-order valence-electron chi connectivity index (χ1n) is 6.13. The van der Waals surface area contributed by atoms with Gasteiger partial charge in [-0.3, -0.25) is 0 Å². The molecule has 0 heterocycles. The fraction of sp³-hybridized carbons (Fsp3) is 0.467. The highest BCUT2D eigenvalue weighted by atomic mass is 19.1. The van der Waals surface area contributed by atoms with Gasteiger partial charge in [-0.1, -0.05) is 31.6 Å². The van der Waals surface area contributed by atoms with E-state index < -0.39 is 0 Å². The summed E-state index contributed by atoms with van der Waals surface area (Å²) in [6.45, 7) is 4.52. The van der Waals surface area contributed by atoms with Crippen molar-refractivity contribution in [1.82, 2.24) is 0 Å². The Morgan fingerprint density at radius 2 is 1.81 bits per heavy atom. The fourth-order valence-electron chi connectivity index (χ4n) is 2.52.